The summed E-state index contributed by atoms with van der Waals surface area (Å²) in [6.07, 6.45) is 7.28. The molecule has 0 aromatic heterocycles. The molecule has 0 spiro atoms. The molecule has 0 bridgehead atoms. The first-order chi connectivity index (χ1) is 11.7. The van der Waals surface area contributed by atoms with Gasteiger partial charge in [-0.05, 0) is 44.8 Å². The number of piperidine rings is 1. The molecule has 1 aliphatic carbocycles. The molecular formula is C20H31N3O. The molecular weight excluding hydrogens is 298 g/mol. The highest BCUT2D eigenvalue weighted by atomic mass is 16.2. The molecule has 2 N–H and O–H groups in total. The zero-order valence-corrected chi connectivity index (χ0v) is 14.9. The minimum absolute atomic E-state index is 0.145. The smallest absolute Gasteiger partial charge is 0.234 e. The molecule has 1 saturated carbocycles. The fourth-order valence-electron chi connectivity index (χ4n) is 4.37. The summed E-state index contributed by atoms with van der Waals surface area (Å²) in [4.78, 5) is 14.7. The van der Waals surface area contributed by atoms with Crippen LogP contribution in [-0.4, -0.2) is 50.1 Å². The average Bonchev–Trinajstić information content (AvgIpc) is 3.11. The van der Waals surface area contributed by atoms with Gasteiger partial charge in [-0.25, -0.2) is 0 Å². The van der Waals surface area contributed by atoms with Crippen molar-refractivity contribution in [3.8, 4) is 0 Å². The van der Waals surface area contributed by atoms with Gasteiger partial charge >= 0.3 is 0 Å². The number of nitrogens with one attached hydrogen (secondary N) is 2. The van der Waals surface area contributed by atoms with E-state index in [1.807, 2.05) is 7.05 Å². The summed E-state index contributed by atoms with van der Waals surface area (Å²) in [6, 6.07) is 11.3. The fourth-order valence-corrected chi connectivity index (χ4v) is 4.37. The minimum atomic E-state index is 0.145. The maximum atomic E-state index is 12.5. The van der Waals surface area contributed by atoms with Crippen LogP contribution in [0.5, 0.6) is 0 Å². The lowest BCUT2D eigenvalue weighted by Crippen LogP contribution is -2.49. The molecule has 1 atom stereocenters. The summed E-state index contributed by atoms with van der Waals surface area (Å²) in [5.41, 5.74) is 1.53. The molecule has 1 aromatic rings. The van der Waals surface area contributed by atoms with Crippen molar-refractivity contribution in [1.29, 1.82) is 0 Å². The zero-order valence-electron chi connectivity index (χ0n) is 14.9. The Balaban J connectivity index is 1.54. The highest BCUT2D eigenvalue weighted by Gasteiger charge is 2.35. The van der Waals surface area contributed by atoms with E-state index in [9.17, 15) is 4.79 Å². The summed E-state index contributed by atoms with van der Waals surface area (Å²) < 4.78 is 0. The predicted molar refractivity (Wildman–Crippen MR) is 98.1 cm³/mol. The van der Waals surface area contributed by atoms with Gasteiger partial charge in [0.1, 0.15) is 0 Å². The Hall–Kier alpha value is -1.39. The average molecular weight is 329 g/mol. The quantitative estimate of drug-likeness (QED) is 0.842. The molecule has 4 heteroatoms. The van der Waals surface area contributed by atoms with Crippen LogP contribution < -0.4 is 10.6 Å². The molecule has 1 saturated heterocycles. The first-order valence-electron chi connectivity index (χ1n) is 9.44. The van der Waals surface area contributed by atoms with E-state index in [0.717, 1.165) is 19.6 Å². The number of carbonyl (C=O) groups is 1. The van der Waals surface area contributed by atoms with Crippen LogP contribution in [0, 0.1) is 0 Å². The standard InChI is InChI=1S/C20H31N3O/c1-21-18-10-7-13-23(14-18)15-19(24)22-16-20(11-5-6-12-20)17-8-3-2-4-9-17/h2-4,8-9,18,21H,5-7,10-16H2,1H3,(H,22,24). The maximum Gasteiger partial charge on any atom is 0.234 e. The number of nitrogens with zero attached hydrogens (tertiary/aromatic N) is 1. The van der Waals surface area contributed by atoms with Crippen LogP contribution in [0.2, 0.25) is 0 Å². The van der Waals surface area contributed by atoms with Crippen molar-refractivity contribution in [3.05, 3.63) is 35.9 Å². The molecule has 132 valence electrons. The molecule has 4 nitrogen and oxygen atoms in total. The Bertz CT molecular complexity index is 525. The van der Waals surface area contributed by atoms with Crippen molar-refractivity contribution in [2.45, 2.75) is 50.0 Å². The first-order valence-corrected chi connectivity index (χ1v) is 9.44. The summed E-state index contributed by atoms with van der Waals surface area (Å²) in [6.45, 7) is 3.32. The number of hydrogen-bond donors (Lipinski definition) is 2. The van der Waals surface area contributed by atoms with Gasteiger partial charge < -0.3 is 10.6 Å². The largest absolute Gasteiger partial charge is 0.354 e. The second-order valence-electron chi connectivity index (χ2n) is 7.49. The Morgan fingerprint density at radius 1 is 1.21 bits per heavy atom. The van der Waals surface area contributed by atoms with Crippen LogP contribution in [0.3, 0.4) is 0 Å². The molecule has 1 unspecified atom stereocenters. The Labute approximate surface area is 146 Å². The van der Waals surface area contributed by atoms with E-state index in [1.54, 1.807) is 0 Å². The molecule has 1 aromatic carbocycles. The number of likely N-dealkylation sites (tertiary alicyclic amines) is 1. The normalized spacial score (nSPS) is 24.0. The van der Waals surface area contributed by atoms with E-state index in [4.69, 9.17) is 0 Å². The second-order valence-corrected chi connectivity index (χ2v) is 7.49. The number of amides is 1. The Kier molecular flexibility index (Phi) is 5.90. The molecule has 2 fully saturated rings. The van der Waals surface area contributed by atoms with E-state index in [-0.39, 0.29) is 11.3 Å². The van der Waals surface area contributed by atoms with E-state index in [0.29, 0.717) is 12.6 Å². The van der Waals surface area contributed by atoms with Crippen LogP contribution in [0.4, 0.5) is 0 Å². The van der Waals surface area contributed by atoms with Crippen LogP contribution in [-0.2, 0) is 10.2 Å². The molecule has 0 radical (unpaired) electrons. The molecule has 1 heterocycles. The van der Waals surface area contributed by atoms with Crippen molar-refractivity contribution in [2.75, 3.05) is 33.2 Å². The van der Waals surface area contributed by atoms with Gasteiger partial charge in [-0.2, -0.15) is 0 Å². The summed E-state index contributed by atoms with van der Waals surface area (Å²) >= 11 is 0. The third kappa shape index (κ3) is 4.17. The number of benzene rings is 1. The van der Waals surface area contributed by atoms with E-state index in [1.165, 1.54) is 44.1 Å². The van der Waals surface area contributed by atoms with Gasteiger partial charge in [-0.3, -0.25) is 9.69 Å². The van der Waals surface area contributed by atoms with Gasteiger partial charge in [-0.1, -0.05) is 43.2 Å². The summed E-state index contributed by atoms with van der Waals surface area (Å²) in [7, 11) is 2.01. The van der Waals surface area contributed by atoms with E-state index < -0.39 is 0 Å². The van der Waals surface area contributed by atoms with Crippen molar-refractivity contribution in [3.63, 3.8) is 0 Å². The summed E-state index contributed by atoms with van der Waals surface area (Å²) in [5, 5.41) is 6.58. The molecule has 3 rings (SSSR count). The molecule has 2 aliphatic rings. The van der Waals surface area contributed by atoms with Gasteiger partial charge in [0.05, 0.1) is 6.54 Å². The highest BCUT2D eigenvalue weighted by molar-refractivity contribution is 5.78. The Morgan fingerprint density at radius 3 is 2.67 bits per heavy atom. The van der Waals surface area contributed by atoms with Crippen LogP contribution in [0.25, 0.3) is 0 Å². The van der Waals surface area contributed by atoms with Crippen molar-refractivity contribution >= 4 is 5.91 Å². The lowest BCUT2D eigenvalue weighted by molar-refractivity contribution is -0.122. The number of hydrogen-bond acceptors (Lipinski definition) is 3. The number of carbonyl (C=O) groups excluding carboxylic acids is 1. The lowest BCUT2D eigenvalue weighted by Gasteiger charge is -2.33. The van der Waals surface area contributed by atoms with Crippen LogP contribution in [0.15, 0.2) is 30.3 Å². The monoisotopic (exact) mass is 329 g/mol. The molecule has 1 amide bonds. The van der Waals surface area contributed by atoms with Gasteiger partial charge in [0.15, 0.2) is 0 Å². The zero-order chi connectivity index (χ0) is 16.8. The summed E-state index contributed by atoms with van der Waals surface area (Å²) in [5.74, 6) is 0.175. The van der Waals surface area contributed by atoms with Crippen LogP contribution >= 0.6 is 0 Å². The highest BCUT2D eigenvalue weighted by Crippen LogP contribution is 2.40. The Morgan fingerprint density at radius 2 is 1.96 bits per heavy atom. The topological polar surface area (TPSA) is 44.4 Å². The van der Waals surface area contributed by atoms with Crippen molar-refractivity contribution < 1.29 is 4.79 Å². The maximum absolute atomic E-state index is 12.5. The van der Waals surface area contributed by atoms with Gasteiger partial charge in [0.25, 0.3) is 0 Å². The second kappa shape index (κ2) is 8.13. The number of likely N-dealkylation sites (N-methyl/N-ethyl adjacent to an activating group) is 1. The predicted octanol–water partition coefficient (Wildman–Crippen LogP) is 2.30. The third-order valence-corrected chi connectivity index (χ3v) is 5.85. The van der Waals surface area contributed by atoms with Crippen molar-refractivity contribution in [1.82, 2.24) is 15.5 Å². The molecule has 1 aliphatic heterocycles. The lowest BCUT2D eigenvalue weighted by atomic mass is 9.79. The first kappa shape index (κ1) is 17.4. The van der Waals surface area contributed by atoms with Gasteiger partial charge in [0.2, 0.25) is 5.91 Å². The SMILES string of the molecule is CNC1CCCN(CC(=O)NCC2(c3ccccc3)CCCC2)C1. The third-order valence-electron chi connectivity index (χ3n) is 5.85. The van der Waals surface area contributed by atoms with Crippen molar-refractivity contribution in [2.24, 2.45) is 0 Å². The number of rotatable bonds is 6. The van der Waals surface area contributed by atoms with Crippen LogP contribution in [0.1, 0.15) is 44.1 Å². The molecule has 24 heavy (non-hydrogen) atoms. The van der Waals surface area contributed by atoms with Gasteiger partial charge in [0, 0.05) is 24.5 Å². The fraction of sp³-hybridized carbons (Fsp3) is 0.650. The van der Waals surface area contributed by atoms with Gasteiger partial charge in [-0.15, -0.1) is 0 Å². The minimum Gasteiger partial charge on any atom is -0.354 e. The van der Waals surface area contributed by atoms with E-state index in [2.05, 4.69) is 45.9 Å². The van der Waals surface area contributed by atoms with E-state index >= 15 is 0 Å².